The second-order valence-corrected chi connectivity index (χ2v) is 6.35. The van der Waals surface area contributed by atoms with Crippen molar-refractivity contribution in [1.29, 1.82) is 0 Å². The molecule has 5 heteroatoms. The van der Waals surface area contributed by atoms with Crippen LogP contribution in [0.2, 0.25) is 0 Å². The van der Waals surface area contributed by atoms with Crippen molar-refractivity contribution in [3.05, 3.63) is 88.6 Å². The second kappa shape index (κ2) is 7.48. The predicted octanol–water partition coefficient (Wildman–Crippen LogP) is 4.63. The van der Waals surface area contributed by atoms with Crippen LogP contribution in [0.15, 0.2) is 82.0 Å². The average molecular weight is 373 g/mol. The van der Waals surface area contributed by atoms with Crippen LogP contribution in [0, 0.1) is 0 Å². The third kappa shape index (κ3) is 3.42. The Balaban J connectivity index is 1.85. The first-order valence-electron chi connectivity index (χ1n) is 8.83. The molecular formula is C23H19NO4. The predicted molar refractivity (Wildman–Crippen MR) is 110 cm³/mol. The molecule has 1 heterocycles. The molecule has 5 nitrogen and oxygen atoms in total. The molecular weight excluding hydrogens is 354 g/mol. The molecule has 4 aromatic rings. The molecule has 0 unspecified atom stereocenters. The number of nitrogens with two attached hydrogens (primary N) is 1. The smallest absolute Gasteiger partial charge is 0.235 e. The number of hydrogen-bond acceptors (Lipinski definition) is 5. The van der Waals surface area contributed by atoms with E-state index in [4.69, 9.17) is 19.6 Å². The van der Waals surface area contributed by atoms with Gasteiger partial charge in [0.05, 0.1) is 12.5 Å². The van der Waals surface area contributed by atoms with Crippen LogP contribution >= 0.6 is 0 Å². The lowest BCUT2D eigenvalue weighted by Gasteiger charge is -2.12. The first-order valence-corrected chi connectivity index (χ1v) is 8.83. The number of methoxy groups -OCH3 is 1. The highest BCUT2D eigenvalue weighted by molar-refractivity contribution is 5.84. The van der Waals surface area contributed by atoms with E-state index in [-0.39, 0.29) is 17.8 Å². The van der Waals surface area contributed by atoms with Crippen molar-refractivity contribution in [3.63, 3.8) is 0 Å². The first kappa shape index (κ1) is 17.7. The van der Waals surface area contributed by atoms with Crippen LogP contribution in [-0.2, 0) is 6.61 Å². The summed E-state index contributed by atoms with van der Waals surface area (Å²) in [6, 6.07) is 21.9. The molecule has 28 heavy (non-hydrogen) atoms. The van der Waals surface area contributed by atoms with E-state index in [1.54, 1.807) is 25.3 Å². The minimum Gasteiger partial charge on any atom is -0.497 e. The van der Waals surface area contributed by atoms with Gasteiger partial charge in [-0.3, -0.25) is 4.79 Å². The van der Waals surface area contributed by atoms with Crippen LogP contribution in [-0.4, -0.2) is 7.11 Å². The Labute approximate surface area is 161 Å². The van der Waals surface area contributed by atoms with E-state index >= 15 is 0 Å². The third-order valence-corrected chi connectivity index (χ3v) is 4.45. The van der Waals surface area contributed by atoms with Gasteiger partial charge >= 0.3 is 0 Å². The maximum Gasteiger partial charge on any atom is 0.235 e. The minimum absolute atomic E-state index is 0.159. The number of benzene rings is 3. The highest BCUT2D eigenvalue weighted by Crippen LogP contribution is 2.32. The van der Waals surface area contributed by atoms with Crippen molar-refractivity contribution in [2.24, 2.45) is 0 Å². The van der Waals surface area contributed by atoms with Crippen LogP contribution in [0.3, 0.4) is 0 Å². The summed E-state index contributed by atoms with van der Waals surface area (Å²) in [6.07, 6.45) is 0. The lowest BCUT2D eigenvalue weighted by molar-refractivity contribution is 0.298. The largest absolute Gasteiger partial charge is 0.497 e. The average Bonchev–Trinajstić information content (AvgIpc) is 2.74. The van der Waals surface area contributed by atoms with Crippen molar-refractivity contribution in [3.8, 4) is 22.8 Å². The van der Waals surface area contributed by atoms with Gasteiger partial charge in [-0.15, -0.1) is 0 Å². The van der Waals surface area contributed by atoms with E-state index in [0.717, 1.165) is 11.1 Å². The highest BCUT2D eigenvalue weighted by atomic mass is 16.5. The van der Waals surface area contributed by atoms with Gasteiger partial charge in [-0.25, -0.2) is 0 Å². The number of ether oxygens (including phenoxy) is 2. The molecule has 0 fully saturated rings. The van der Waals surface area contributed by atoms with E-state index in [0.29, 0.717) is 28.2 Å². The number of fused-ring (bicyclic) bond motifs is 1. The molecule has 0 saturated heterocycles. The molecule has 140 valence electrons. The Morgan fingerprint density at radius 1 is 0.964 bits per heavy atom. The van der Waals surface area contributed by atoms with Gasteiger partial charge < -0.3 is 19.6 Å². The van der Waals surface area contributed by atoms with Gasteiger partial charge in [0.15, 0.2) is 5.76 Å². The molecule has 0 spiro atoms. The van der Waals surface area contributed by atoms with Crippen molar-refractivity contribution in [1.82, 2.24) is 0 Å². The Bertz CT molecular complexity index is 1170. The first-order chi connectivity index (χ1) is 13.7. The summed E-state index contributed by atoms with van der Waals surface area (Å²) in [5, 5.41) is 0.389. The van der Waals surface area contributed by atoms with E-state index in [1.165, 1.54) is 0 Å². The van der Waals surface area contributed by atoms with Gasteiger partial charge in [-0.2, -0.15) is 0 Å². The van der Waals surface area contributed by atoms with Crippen LogP contribution in [0.25, 0.3) is 22.3 Å². The second-order valence-electron chi connectivity index (χ2n) is 6.35. The van der Waals surface area contributed by atoms with E-state index in [1.807, 2.05) is 54.6 Å². The standard InChI is InChI=1S/C23H19NO4/c1-26-18-10-7-16(8-11-18)22-23(27-14-15-5-3-2-4-6-15)21(25)19-13-17(24)9-12-20(19)28-22/h2-13H,14,24H2,1H3. The van der Waals surface area contributed by atoms with Crippen LogP contribution < -0.4 is 20.6 Å². The third-order valence-electron chi connectivity index (χ3n) is 4.45. The lowest BCUT2D eigenvalue weighted by atomic mass is 10.1. The summed E-state index contributed by atoms with van der Waals surface area (Å²) in [4.78, 5) is 13.2. The van der Waals surface area contributed by atoms with Crippen molar-refractivity contribution < 1.29 is 13.9 Å². The zero-order valence-corrected chi connectivity index (χ0v) is 15.3. The molecule has 0 aliphatic carbocycles. The molecule has 0 aliphatic heterocycles. The summed E-state index contributed by atoms with van der Waals surface area (Å²) < 4.78 is 17.2. The topological polar surface area (TPSA) is 74.7 Å². The summed E-state index contributed by atoms with van der Waals surface area (Å²) in [5.41, 5.74) is 8.22. The molecule has 2 N–H and O–H groups in total. The molecule has 0 bridgehead atoms. The zero-order valence-electron chi connectivity index (χ0n) is 15.3. The Morgan fingerprint density at radius 3 is 2.43 bits per heavy atom. The van der Waals surface area contributed by atoms with Gasteiger partial charge in [0.1, 0.15) is 17.9 Å². The van der Waals surface area contributed by atoms with Crippen LogP contribution in [0.1, 0.15) is 5.56 Å². The Hall–Kier alpha value is -3.73. The summed E-state index contributed by atoms with van der Waals surface area (Å²) in [6.45, 7) is 0.253. The van der Waals surface area contributed by atoms with Crippen molar-refractivity contribution >= 4 is 16.7 Å². The molecule has 0 atom stereocenters. The molecule has 4 rings (SSSR count). The molecule has 0 radical (unpaired) electrons. The summed E-state index contributed by atoms with van der Waals surface area (Å²) in [5.74, 6) is 1.25. The van der Waals surface area contributed by atoms with E-state index in [9.17, 15) is 4.79 Å². The number of rotatable bonds is 5. The molecule has 0 aliphatic rings. The van der Waals surface area contributed by atoms with Crippen molar-refractivity contribution in [2.75, 3.05) is 12.8 Å². The lowest BCUT2D eigenvalue weighted by Crippen LogP contribution is -2.10. The van der Waals surface area contributed by atoms with Gasteiger partial charge in [0.25, 0.3) is 0 Å². The van der Waals surface area contributed by atoms with Gasteiger partial charge in [0.2, 0.25) is 11.2 Å². The summed E-state index contributed by atoms with van der Waals surface area (Å²) >= 11 is 0. The van der Waals surface area contributed by atoms with Crippen LogP contribution in [0.5, 0.6) is 11.5 Å². The fraction of sp³-hybridized carbons (Fsp3) is 0.0870. The number of anilines is 1. The molecule has 3 aromatic carbocycles. The Kier molecular flexibility index (Phi) is 4.72. The minimum atomic E-state index is -0.254. The number of nitrogen functional groups attached to an aromatic ring is 1. The monoisotopic (exact) mass is 373 g/mol. The normalized spacial score (nSPS) is 10.8. The van der Waals surface area contributed by atoms with Gasteiger partial charge in [-0.05, 0) is 48.0 Å². The fourth-order valence-electron chi connectivity index (χ4n) is 2.99. The van der Waals surface area contributed by atoms with Crippen molar-refractivity contribution in [2.45, 2.75) is 6.61 Å². The zero-order chi connectivity index (χ0) is 19.5. The van der Waals surface area contributed by atoms with E-state index in [2.05, 4.69) is 0 Å². The quantitative estimate of drug-likeness (QED) is 0.516. The molecule has 0 saturated carbocycles. The SMILES string of the molecule is COc1ccc(-c2oc3ccc(N)cc3c(=O)c2OCc2ccccc2)cc1. The summed E-state index contributed by atoms with van der Waals surface area (Å²) in [7, 11) is 1.60. The highest BCUT2D eigenvalue weighted by Gasteiger charge is 2.18. The molecule has 1 aromatic heterocycles. The van der Waals surface area contributed by atoms with Gasteiger partial charge in [0, 0.05) is 11.3 Å². The maximum atomic E-state index is 13.2. The van der Waals surface area contributed by atoms with Gasteiger partial charge in [-0.1, -0.05) is 30.3 Å². The maximum absolute atomic E-state index is 13.2. The fourth-order valence-corrected chi connectivity index (χ4v) is 2.99. The number of hydrogen-bond donors (Lipinski definition) is 1. The molecule has 0 amide bonds. The van der Waals surface area contributed by atoms with Crippen LogP contribution in [0.4, 0.5) is 5.69 Å². The van der Waals surface area contributed by atoms with E-state index < -0.39 is 0 Å². The Morgan fingerprint density at radius 2 is 1.71 bits per heavy atom.